The standard InChI is InChI=1S/C15H22FN3O/c1-15(2,10-17)14(20)18-11-5-6-13(12(16)9-11)19-7-3-4-8-19/h5-6,9H,3-4,7-8,10,17H2,1-2H3,(H,18,20). The summed E-state index contributed by atoms with van der Waals surface area (Å²) in [5.74, 6) is -0.497. The highest BCUT2D eigenvalue weighted by atomic mass is 19.1. The average Bonchev–Trinajstić information content (AvgIpc) is 2.92. The van der Waals surface area contributed by atoms with Crippen LogP contribution in [0.25, 0.3) is 0 Å². The Morgan fingerprint density at radius 2 is 2.05 bits per heavy atom. The highest BCUT2D eigenvalue weighted by molar-refractivity contribution is 5.95. The first-order chi connectivity index (χ1) is 9.44. The number of halogens is 1. The van der Waals surface area contributed by atoms with Crippen molar-refractivity contribution in [2.75, 3.05) is 29.9 Å². The van der Waals surface area contributed by atoms with Crippen molar-refractivity contribution >= 4 is 17.3 Å². The minimum absolute atomic E-state index is 0.201. The third-order valence-electron chi connectivity index (χ3n) is 3.78. The van der Waals surface area contributed by atoms with Crippen molar-refractivity contribution in [1.82, 2.24) is 0 Å². The molecule has 1 aromatic rings. The molecule has 0 aliphatic carbocycles. The van der Waals surface area contributed by atoms with Gasteiger partial charge in [-0.2, -0.15) is 0 Å². The summed E-state index contributed by atoms with van der Waals surface area (Å²) in [5.41, 5.74) is 5.97. The fourth-order valence-corrected chi connectivity index (χ4v) is 2.19. The van der Waals surface area contributed by atoms with Crippen LogP contribution in [0.3, 0.4) is 0 Å². The number of rotatable bonds is 4. The lowest BCUT2D eigenvalue weighted by Crippen LogP contribution is -2.37. The van der Waals surface area contributed by atoms with Crippen molar-refractivity contribution in [3.63, 3.8) is 0 Å². The first kappa shape index (κ1) is 14.8. The maximum absolute atomic E-state index is 14.1. The summed E-state index contributed by atoms with van der Waals surface area (Å²) < 4.78 is 14.1. The lowest BCUT2D eigenvalue weighted by atomic mass is 9.92. The van der Waals surface area contributed by atoms with Crippen LogP contribution in [0.2, 0.25) is 0 Å². The van der Waals surface area contributed by atoms with Crippen molar-refractivity contribution in [2.45, 2.75) is 26.7 Å². The predicted octanol–water partition coefficient (Wildman–Crippen LogP) is 2.35. The molecule has 2 rings (SSSR count). The third kappa shape index (κ3) is 3.10. The van der Waals surface area contributed by atoms with Gasteiger partial charge in [-0.15, -0.1) is 0 Å². The molecular formula is C15H22FN3O. The molecule has 20 heavy (non-hydrogen) atoms. The van der Waals surface area contributed by atoms with Crippen molar-refractivity contribution in [2.24, 2.45) is 11.1 Å². The van der Waals surface area contributed by atoms with E-state index in [1.807, 2.05) is 4.90 Å². The van der Waals surface area contributed by atoms with Crippen molar-refractivity contribution in [3.05, 3.63) is 24.0 Å². The molecule has 0 unspecified atom stereocenters. The van der Waals surface area contributed by atoms with E-state index in [2.05, 4.69) is 5.32 Å². The van der Waals surface area contributed by atoms with E-state index in [9.17, 15) is 9.18 Å². The number of carbonyl (C=O) groups is 1. The van der Waals surface area contributed by atoms with E-state index in [-0.39, 0.29) is 18.3 Å². The Morgan fingerprint density at radius 3 is 2.60 bits per heavy atom. The number of nitrogens with zero attached hydrogens (tertiary/aromatic N) is 1. The number of amides is 1. The van der Waals surface area contributed by atoms with Gasteiger partial charge in [0.2, 0.25) is 5.91 Å². The zero-order chi connectivity index (χ0) is 14.8. The van der Waals surface area contributed by atoms with Crippen LogP contribution in [-0.2, 0) is 4.79 Å². The first-order valence-electron chi connectivity index (χ1n) is 7.00. The van der Waals surface area contributed by atoms with Gasteiger partial charge >= 0.3 is 0 Å². The summed E-state index contributed by atoms with van der Waals surface area (Å²) in [4.78, 5) is 14.0. The molecule has 0 atom stereocenters. The fourth-order valence-electron chi connectivity index (χ4n) is 2.19. The monoisotopic (exact) mass is 279 g/mol. The number of hydrogen-bond acceptors (Lipinski definition) is 3. The maximum Gasteiger partial charge on any atom is 0.231 e. The second-order valence-electron chi connectivity index (χ2n) is 5.90. The van der Waals surface area contributed by atoms with Gasteiger partial charge in [-0.25, -0.2) is 4.39 Å². The van der Waals surface area contributed by atoms with Gasteiger partial charge in [-0.05, 0) is 44.9 Å². The van der Waals surface area contributed by atoms with Gasteiger partial charge in [0.1, 0.15) is 5.82 Å². The fraction of sp³-hybridized carbons (Fsp3) is 0.533. The molecule has 4 nitrogen and oxygen atoms in total. The molecule has 110 valence electrons. The van der Waals surface area contributed by atoms with Crippen molar-refractivity contribution < 1.29 is 9.18 Å². The number of carbonyl (C=O) groups excluding carboxylic acids is 1. The number of nitrogens with one attached hydrogen (secondary N) is 1. The summed E-state index contributed by atoms with van der Waals surface area (Å²) in [5, 5.41) is 2.71. The molecule has 1 aromatic carbocycles. The second-order valence-corrected chi connectivity index (χ2v) is 5.90. The Labute approximate surface area is 119 Å². The topological polar surface area (TPSA) is 58.4 Å². The molecular weight excluding hydrogens is 257 g/mol. The van der Waals surface area contributed by atoms with E-state index in [0.717, 1.165) is 25.9 Å². The van der Waals surface area contributed by atoms with Crippen LogP contribution in [0.4, 0.5) is 15.8 Å². The van der Waals surface area contributed by atoms with Gasteiger partial charge in [-0.1, -0.05) is 0 Å². The quantitative estimate of drug-likeness (QED) is 0.889. The van der Waals surface area contributed by atoms with Crippen LogP contribution in [-0.4, -0.2) is 25.5 Å². The van der Waals surface area contributed by atoms with Gasteiger partial charge in [0.15, 0.2) is 0 Å². The van der Waals surface area contributed by atoms with Gasteiger partial charge in [-0.3, -0.25) is 4.79 Å². The minimum atomic E-state index is -0.663. The highest BCUT2D eigenvalue weighted by Crippen LogP contribution is 2.26. The van der Waals surface area contributed by atoms with Crippen LogP contribution in [0.5, 0.6) is 0 Å². The van der Waals surface area contributed by atoms with Gasteiger partial charge in [0.05, 0.1) is 11.1 Å². The largest absolute Gasteiger partial charge is 0.369 e. The van der Waals surface area contributed by atoms with E-state index < -0.39 is 5.41 Å². The summed E-state index contributed by atoms with van der Waals surface area (Å²) in [6.07, 6.45) is 2.20. The first-order valence-corrected chi connectivity index (χ1v) is 7.00. The molecule has 5 heteroatoms. The van der Waals surface area contributed by atoms with Crippen LogP contribution in [0, 0.1) is 11.2 Å². The van der Waals surface area contributed by atoms with E-state index in [1.54, 1.807) is 26.0 Å². The molecule has 1 fully saturated rings. The van der Waals surface area contributed by atoms with Gasteiger partial charge in [0, 0.05) is 25.3 Å². The molecule has 1 amide bonds. The summed E-state index contributed by atoms with van der Waals surface area (Å²) in [7, 11) is 0. The van der Waals surface area contributed by atoms with E-state index >= 15 is 0 Å². The molecule has 1 aliphatic rings. The average molecular weight is 279 g/mol. The van der Waals surface area contributed by atoms with Crippen LogP contribution in [0.1, 0.15) is 26.7 Å². The van der Waals surface area contributed by atoms with E-state index in [1.165, 1.54) is 6.07 Å². The van der Waals surface area contributed by atoms with Crippen LogP contribution in [0.15, 0.2) is 18.2 Å². The number of nitrogens with two attached hydrogens (primary N) is 1. The van der Waals surface area contributed by atoms with Crippen LogP contribution >= 0.6 is 0 Å². The summed E-state index contributed by atoms with van der Waals surface area (Å²) in [6, 6.07) is 4.84. The number of hydrogen-bond donors (Lipinski definition) is 2. The lowest BCUT2D eigenvalue weighted by Gasteiger charge is -2.22. The van der Waals surface area contributed by atoms with E-state index in [4.69, 9.17) is 5.73 Å². The van der Waals surface area contributed by atoms with Gasteiger partial charge in [0.25, 0.3) is 0 Å². The Bertz CT molecular complexity index is 496. The predicted molar refractivity (Wildman–Crippen MR) is 79.3 cm³/mol. The third-order valence-corrected chi connectivity index (χ3v) is 3.78. The molecule has 1 heterocycles. The Balaban J connectivity index is 2.11. The highest BCUT2D eigenvalue weighted by Gasteiger charge is 2.26. The normalized spacial score (nSPS) is 15.5. The molecule has 1 saturated heterocycles. The minimum Gasteiger partial charge on any atom is -0.369 e. The Morgan fingerprint density at radius 1 is 1.40 bits per heavy atom. The lowest BCUT2D eigenvalue weighted by molar-refractivity contribution is -0.123. The number of anilines is 2. The van der Waals surface area contributed by atoms with E-state index in [0.29, 0.717) is 11.4 Å². The molecule has 3 N–H and O–H groups in total. The Kier molecular flexibility index (Phi) is 4.28. The second kappa shape index (κ2) is 5.79. The maximum atomic E-state index is 14.1. The van der Waals surface area contributed by atoms with Crippen molar-refractivity contribution in [1.29, 1.82) is 0 Å². The SMILES string of the molecule is CC(C)(CN)C(=O)Nc1ccc(N2CCCC2)c(F)c1. The summed E-state index contributed by atoms with van der Waals surface area (Å²) >= 11 is 0. The molecule has 1 aliphatic heterocycles. The zero-order valence-electron chi connectivity index (χ0n) is 12.1. The molecule has 0 spiro atoms. The van der Waals surface area contributed by atoms with Crippen LogP contribution < -0.4 is 16.0 Å². The molecule has 0 saturated carbocycles. The molecule has 0 aromatic heterocycles. The zero-order valence-corrected chi connectivity index (χ0v) is 12.1. The molecule has 0 radical (unpaired) electrons. The number of benzene rings is 1. The molecule has 0 bridgehead atoms. The Hall–Kier alpha value is -1.62. The van der Waals surface area contributed by atoms with Crippen molar-refractivity contribution in [3.8, 4) is 0 Å². The summed E-state index contributed by atoms with van der Waals surface area (Å²) in [6.45, 7) is 5.55. The smallest absolute Gasteiger partial charge is 0.231 e. The van der Waals surface area contributed by atoms with Gasteiger partial charge < -0.3 is 16.0 Å².